The Morgan fingerprint density at radius 2 is 2.00 bits per heavy atom. The number of fused-ring (bicyclic) bond motifs is 1. The molecule has 0 radical (unpaired) electrons. The zero-order valence-corrected chi connectivity index (χ0v) is 16.0. The molecule has 1 aliphatic heterocycles. The fourth-order valence-corrected chi connectivity index (χ4v) is 4.04. The summed E-state index contributed by atoms with van der Waals surface area (Å²) in [6.07, 6.45) is 2.40. The minimum Gasteiger partial charge on any atom is -0.481 e. The Balaban J connectivity index is 1.67. The van der Waals surface area contributed by atoms with Gasteiger partial charge < -0.3 is 15.1 Å². The van der Waals surface area contributed by atoms with E-state index in [4.69, 9.17) is 0 Å². The number of hydrogen-bond donors (Lipinski definition) is 2. The molecule has 0 unspecified atom stereocenters. The number of benzene rings is 1. The van der Waals surface area contributed by atoms with Gasteiger partial charge in [0.05, 0.1) is 23.6 Å². The quantitative estimate of drug-likeness (QED) is 0.695. The van der Waals surface area contributed by atoms with Gasteiger partial charge in [0.2, 0.25) is 0 Å². The van der Waals surface area contributed by atoms with Crippen molar-refractivity contribution in [1.29, 1.82) is 0 Å². The molecular formula is C21H22N4O4. The van der Waals surface area contributed by atoms with Gasteiger partial charge in [0.15, 0.2) is 5.65 Å². The molecule has 2 aromatic heterocycles. The predicted octanol–water partition coefficient (Wildman–Crippen LogP) is 1.56. The summed E-state index contributed by atoms with van der Waals surface area (Å²) in [5, 5.41) is 24.9. The molecule has 29 heavy (non-hydrogen) atoms. The summed E-state index contributed by atoms with van der Waals surface area (Å²) in [7, 11) is 0. The Morgan fingerprint density at radius 1 is 1.24 bits per heavy atom. The number of amides is 1. The van der Waals surface area contributed by atoms with E-state index in [2.05, 4.69) is 10.1 Å². The fraction of sp³-hybridized carbons (Fsp3) is 0.333. The molecule has 0 bridgehead atoms. The number of carbonyl (C=O) groups is 2. The lowest BCUT2D eigenvalue weighted by Crippen LogP contribution is -2.58. The summed E-state index contributed by atoms with van der Waals surface area (Å²) in [6.45, 7) is 1.98. The fourth-order valence-electron chi connectivity index (χ4n) is 4.04. The molecule has 4 rings (SSSR count). The Kier molecular flexibility index (Phi) is 4.79. The maximum atomic E-state index is 13.2. The molecular weight excluding hydrogens is 372 g/mol. The van der Waals surface area contributed by atoms with Crippen LogP contribution < -0.4 is 0 Å². The molecule has 8 nitrogen and oxygen atoms in total. The first kappa shape index (κ1) is 19.1. The van der Waals surface area contributed by atoms with Gasteiger partial charge in [-0.3, -0.25) is 9.59 Å². The van der Waals surface area contributed by atoms with E-state index in [1.165, 1.54) is 11.1 Å². The minimum absolute atomic E-state index is 0.0756. The van der Waals surface area contributed by atoms with Crippen molar-refractivity contribution in [3.63, 3.8) is 0 Å². The number of carbonyl (C=O) groups excluding carboxylic acids is 1. The number of carboxylic acids is 1. The number of rotatable bonds is 4. The van der Waals surface area contributed by atoms with Crippen molar-refractivity contribution >= 4 is 17.5 Å². The number of likely N-dealkylation sites (tertiary alicyclic amines) is 1. The second-order valence-electron chi connectivity index (χ2n) is 7.51. The highest BCUT2D eigenvalue weighted by Crippen LogP contribution is 2.35. The van der Waals surface area contributed by atoms with Crippen LogP contribution in [0.4, 0.5) is 0 Å². The second kappa shape index (κ2) is 7.29. The molecule has 2 N–H and O–H groups in total. The molecule has 150 valence electrons. The van der Waals surface area contributed by atoms with Crippen molar-refractivity contribution in [1.82, 2.24) is 19.5 Å². The van der Waals surface area contributed by atoms with Gasteiger partial charge in [0.1, 0.15) is 5.41 Å². The molecule has 8 heteroatoms. The van der Waals surface area contributed by atoms with Crippen molar-refractivity contribution in [2.24, 2.45) is 5.41 Å². The first-order chi connectivity index (χ1) is 13.9. The number of aromatic nitrogens is 3. The Morgan fingerprint density at radius 3 is 2.72 bits per heavy atom. The summed E-state index contributed by atoms with van der Waals surface area (Å²) >= 11 is 0. The monoisotopic (exact) mass is 394 g/mol. The Labute approximate surface area is 167 Å². The van der Waals surface area contributed by atoms with Gasteiger partial charge >= 0.3 is 5.97 Å². The van der Waals surface area contributed by atoms with E-state index < -0.39 is 17.5 Å². The van der Waals surface area contributed by atoms with Crippen LogP contribution in [0.25, 0.3) is 5.65 Å². The Bertz CT molecular complexity index is 1060. The van der Waals surface area contributed by atoms with E-state index in [1.54, 1.807) is 23.7 Å². The average Bonchev–Trinajstić information content (AvgIpc) is 3.20. The molecule has 2 atom stereocenters. The van der Waals surface area contributed by atoms with Gasteiger partial charge in [-0.05, 0) is 25.3 Å². The third-order valence-corrected chi connectivity index (χ3v) is 5.75. The summed E-state index contributed by atoms with van der Waals surface area (Å²) < 4.78 is 1.58. The average molecular weight is 394 g/mol. The summed E-state index contributed by atoms with van der Waals surface area (Å²) in [4.78, 5) is 31.3. The van der Waals surface area contributed by atoms with Crippen LogP contribution in [0.2, 0.25) is 0 Å². The number of hydrogen-bond acceptors (Lipinski definition) is 5. The van der Waals surface area contributed by atoms with Crippen LogP contribution in [0.3, 0.4) is 0 Å². The number of aliphatic hydroxyl groups is 1. The third kappa shape index (κ3) is 3.25. The number of nitrogens with zero attached hydrogens (tertiary/aromatic N) is 4. The lowest BCUT2D eigenvalue weighted by molar-refractivity contribution is -0.161. The van der Waals surface area contributed by atoms with Crippen molar-refractivity contribution in [3.05, 3.63) is 65.6 Å². The van der Waals surface area contributed by atoms with Crippen LogP contribution in [-0.2, 0) is 11.2 Å². The lowest BCUT2D eigenvalue weighted by Gasteiger charge is -2.43. The molecule has 1 fully saturated rings. The first-order valence-electron chi connectivity index (χ1n) is 9.46. The second-order valence-corrected chi connectivity index (χ2v) is 7.51. The molecule has 0 aliphatic carbocycles. The predicted molar refractivity (Wildman–Crippen MR) is 104 cm³/mol. The molecule has 3 heterocycles. The van der Waals surface area contributed by atoms with E-state index in [0.29, 0.717) is 16.9 Å². The highest BCUT2D eigenvalue weighted by atomic mass is 16.4. The van der Waals surface area contributed by atoms with Gasteiger partial charge in [0.25, 0.3) is 5.91 Å². The topological polar surface area (TPSA) is 108 Å². The van der Waals surface area contributed by atoms with Crippen LogP contribution in [0.15, 0.2) is 48.8 Å². The molecule has 3 aromatic rings. The van der Waals surface area contributed by atoms with E-state index in [0.717, 1.165) is 5.56 Å². The number of carboxylic acid groups (broad SMARTS) is 1. The number of aliphatic hydroxyl groups excluding tert-OH is 1. The minimum atomic E-state index is -1.47. The standard InChI is InChI=1S/C21H22N4O4/c1-14-16(12-22-18-7-9-23-25(14)18)19(27)24-10-8-17(26)21(13-24,20(28)29)11-15-5-3-2-4-6-15/h2-7,9,12,17,26H,8,10-11,13H2,1H3,(H,28,29)/t17-,21-/m1/s1. The normalized spacial score (nSPS) is 22.0. The van der Waals surface area contributed by atoms with E-state index in [9.17, 15) is 19.8 Å². The summed E-state index contributed by atoms with van der Waals surface area (Å²) in [6, 6.07) is 10.9. The molecule has 1 saturated heterocycles. The number of piperidine rings is 1. The molecule has 0 saturated carbocycles. The van der Waals surface area contributed by atoms with Crippen molar-refractivity contribution < 1.29 is 19.8 Å². The largest absolute Gasteiger partial charge is 0.481 e. The highest BCUT2D eigenvalue weighted by molar-refractivity contribution is 5.95. The van der Waals surface area contributed by atoms with Crippen LogP contribution in [0, 0.1) is 12.3 Å². The third-order valence-electron chi connectivity index (χ3n) is 5.75. The van der Waals surface area contributed by atoms with Crippen molar-refractivity contribution in [3.8, 4) is 0 Å². The van der Waals surface area contributed by atoms with Crippen LogP contribution >= 0.6 is 0 Å². The van der Waals surface area contributed by atoms with E-state index >= 15 is 0 Å². The Hall–Kier alpha value is -3.26. The number of aryl methyl sites for hydroxylation is 1. The van der Waals surface area contributed by atoms with Crippen molar-refractivity contribution in [2.75, 3.05) is 13.1 Å². The van der Waals surface area contributed by atoms with Gasteiger partial charge in [-0.25, -0.2) is 9.50 Å². The molecule has 1 aromatic carbocycles. The van der Waals surface area contributed by atoms with Crippen molar-refractivity contribution in [2.45, 2.75) is 25.9 Å². The molecule has 1 aliphatic rings. The van der Waals surface area contributed by atoms with Gasteiger partial charge in [-0.2, -0.15) is 5.10 Å². The van der Waals surface area contributed by atoms with Crippen LogP contribution in [0.1, 0.15) is 28.0 Å². The smallest absolute Gasteiger partial charge is 0.314 e. The lowest BCUT2D eigenvalue weighted by atomic mass is 9.72. The van der Waals surface area contributed by atoms with Gasteiger partial charge in [-0.1, -0.05) is 30.3 Å². The molecule has 0 spiro atoms. The maximum absolute atomic E-state index is 13.2. The zero-order chi connectivity index (χ0) is 20.6. The number of aliphatic carboxylic acids is 1. The summed E-state index contributed by atoms with van der Waals surface area (Å²) in [5.74, 6) is -1.42. The highest BCUT2D eigenvalue weighted by Gasteiger charge is 2.50. The van der Waals surface area contributed by atoms with Gasteiger partial charge in [-0.15, -0.1) is 0 Å². The molecule has 1 amide bonds. The van der Waals surface area contributed by atoms with E-state index in [1.807, 2.05) is 30.3 Å². The first-order valence-corrected chi connectivity index (χ1v) is 9.46. The van der Waals surface area contributed by atoms with Crippen LogP contribution in [0.5, 0.6) is 0 Å². The SMILES string of the molecule is Cc1c(C(=O)N2CC[C@@H](O)[C@](Cc3ccccc3)(C(=O)O)C2)cnc2ccnn12. The summed E-state index contributed by atoms with van der Waals surface area (Å²) in [5.41, 5.74) is 0.986. The van der Waals surface area contributed by atoms with Gasteiger partial charge in [0, 0.05) is 25.4 Å². The van der Waals surface area contributed by atoms with Crippen LogP contribution in [-0.4, -0.2) is 60.8 Å². The maximum Gasteiger partial charge on any atom is 0.314 e. The zero-order valence-electron chi connectivity index (χ0n) is 16.0. The van der Waals surface area contributed by atoms with E-state index in [-0.39, 0.29) is 31.8 Å².